The fraction of sp³-hybridized carbons (Fsp3) is 0.158. The van der Waals surface area contributed by atoms with Crippen LogP contribution < -0.4 is 15.4 Å². The van der Waals surface area contributed by atoms with Crippen molar-refractivity contribution < 1.29 is 9.53 Å². The van der Waals surface area contributed by atoms with E-state index in [1.54, 1.807) is 31.4 Å². The maximum absolute atomic E-state index is 12.2. The molecule has 6 heteroatoms. The topological polar surface area (TPSA) is 74.1 Å². The summed E-state index contributed by atoms with van der Waals surface area (Å²) in [4.78, 5) is 12.2. The number of nitrogens with zero attached hydrogens (tertiary/aromatic N) is 1. The van der Waals surface area contributed by atoms with E-state index in [0.717, 1.165) is 11.3 Å². The molecule has 2 aromatic rings. The van der Waals surface area contributed by atoms with E-state index in [2.05, 4.69) is 10.6 Å². The van der Waals surface area contributed by atoms with Crippen molar-refractivity contribution in [2.24, 2.45) is 0 Å². The van der Waals surface area contributed by atoms with Crippen molar-refractivity contribution in [3.63, 3.8) is 0 Å². The van der Waals surface area contributed by atoms with Crippen molar-refractivity contribution in [3.05, 3.63) is 70.9 Å². The number of methoxy groups -OCH3 is 1. The summed E-state index contributed by atoms with van der Waals surface area (Å²) in [5.74, 6) is 0.244. The van der Waals surface area contributed by atoms with Crippen molar-refractivity contribution in [2.45, 2.75) is 13.0 Å². The summed E-state index contributed by atoms with van der Waals surface area (Å²) < 4.78 is 5.12. The lowest BCUT2D eigenvalue weighted by Crippen LogP contribution is -2.18. The molecule has 0 saturated carbocycles. The summed E-state index contributed by atoms with van der Waals surface area (Å²) in [6, 6.07) is 16.2. The number of amides is 1. The molecule has 5 nitrogen and oxygen atoms in total. The van der Waals surface area contributed by atoms with E-state index >= 15 is 0 Å². The molecule has 0 aliphatic carbocycles. The van der Waals surface area contributed by atoms with E-state index < -0.39 is 5.91 Å². The van der Waals surface area contributed by atoms with Crippen LogP contribution in [0.1, 0.15) is 18.5 Å². The Morgan fingerprint density at radius 2 is 1.92 bits per heavy atom. The smallest absolute Gasteiger partial charge is 0.267 e. The van der Waals surface area contributed by atoms with Gasteiger partial charge in [-0.3, -0.25) is 4.79 Å². The molecule has 0 heterocycles. The van der Waals surface area contributed by atoms with Gasteiger partial charge in [-0.05, 0) is 36.8 Å². The molecule has 0 bridgehead atoms. The van der Waals surface area contributed by atoms with Gasteiger partial charge in [0.25, 0.3) is 5.91 Å². The van der Waals surface area contributed by atoms with E-state index in [0.29, 0.717) is 10.7 Å². The summed E-state index contributed by atoms with van der Waals surface area (Å²) in [7, 11) is 1.61. The zero-order valence-electron chi connectivity index (χ0n) is 13.9. The van der Waals surface area contributed by atoms with Gasteiger partial charge in [0.1, 0.15) is 17.4 Å². The molecule has 1 amide bonds. The van der Waals surface area contributed by atoms with Gasteiger partial charge in [-0.15, -0.1) is 0 Å². The number of ether oxygens (including phenoxy) is 1. The van der Waals surface area contributed by atoms with Crippen molar-refractivity contribution >= 4 is 23.2 Å². The fourth-order valence-electron chi connectivity index (χ4n) is 2.10. The lowest BCUT2D eigenvalue weighted by Gasteiger charge is -2.13. The Labute approximate surface area is 151 Å². The second-order valence-corrected chi connectivity index (χ2v) is 5.67. The second-order valence-electron chi connectivity index (χ2n) is 5.27. The van der Waals surface area contributed by atoms with Gasteiger partial charge in [0.2, 0.25) is 0 Å². The largest absolute Gasteiger partial charge is 0.497 e. The summed E-state index contributed by atoms with van der Waals surface area (Å²) in [5, 5.41) is 15.3. The van der Waals surface area contributed by atoms with Gasteiger partial charge >= 0.3 is 0 Å². The first-order chi connectivity index (χ1) is 12.0. The quantitative estimate of drug-likeness (QED) is 0.605. The highest BCUT2D eigenvalue weighted by molar-refractivity contribution is 6.33. The van der Waals surface area contributed by atoms with Crippen molar-refractivity contribution in [2.75, 3.05) is 12.4 Å². The van der Waals surface area contributed by atoms with Gasteiger partial charge < -0.3 is 15.4 Å². The van der Waals surface area contributed by atoms with Crippen molar-refractivity contribution in [3.8, 4) is 11.8 Å². The van der Waals surface area contributed by atoms with E-state index in [9.17, 15) is 10.1 Å². The van der Waals surface area contributed by atoms with E-state index in [1.165, 1.54) is 6.20 Å². The van der Waals surface area contributed by atoms with Crippen molar-refractivity contribution in [1.82, 2.24) is 5.32 Å². The molecular weight excluding hydrogens is 338 g/mol. The van der Waals surface area contributed by atoms with Crippen molar-refractivity contribution in [1.29, 1.82) is 5.26 Å². The Morgan fingerprint density at radius 1 is 1.24 bits per heavy atom. The molecular formula is C19H18ClN3O2. The lowest BCUT2D eigenvalue weighted by molar-refractivity contribution is -0.112. The third-order valence-corrected chi connectivity index (χ3v) is 3.91. The lowest BCUT2D eigenvalue weighted by atomic mass is 10.1. The van der Waals surface area contributed by atoms with Gasteiger partial charge in [-0.1, -0.05) is 35.9 Å². The molecule has 0 fully saturated rings. The second kappa shape index (κ2) is 8.76. The molecule has 1 unspecified atom stereocenters. The maximum atomic E-state index is 12.2. The number of hydrogen-bond donors (Lipinski definition) is 2. The van der Waals surface area contributed by atoms with Gasteiger partial charge in [0, 0.05) is 12.2 Å². The predicted octanol–water partition coefficient (Wildman–Crippen LogP) is 4.05. The molecule has 0 aliphatic heterocycles. The number of anilines is 1. The monoisotopic (exact) mass is 355 g/mol. The molecule has 2 rings (SSSR count). The van der Waals surface area contributed by atoms with Gasteiger partial charge in [0.05, 0.1) is 17.8 Å². The van der Waals surface area contributed by atoms with Gasteiger partial charge in [0.15, 0.2) is 0 Å². The highest BCUT2D eigenvalue weighted by Gasteiger charge is 2.12. The standard InChI is InChI=1S/C19H18ClN3O2/c1-13(14-7-9-16(25-2)10-8-14)22-12-15(11-21)19(24)23-18-6-4-3-5-17(18)20/h3-10,12-13,22H,1-2H3,(H,23,24)/b15-12-. The highest BCUT2D eigenvalue weighted by Crippen LogP contribution is 2.21. The molecule has 0 spiro atoms. The molecule has 1 atom stereocenters. The molecule has 0 saturated heterocycles. The average Bonchev–Trinajstić information content (AvgIpc) is 2.64. The average molecular weight is 356 g/mol. The van der Waals surface area contributed by atoms with Crippen LogP contribution in [0.3, 0.4) is 0 Å². The molecule has 25 heavy (non-hydrogen) atoms. The maximum Gasteiger partial charge on any atom is 0.267 e. The number of carbonyl (C=O) groups is 1. The third-order valence-electron chi connectivity index (χ3n) is 3.58. The van der Waals surface area contributed by atoms with Crippen LogP contribution in [0.4, 0.5) is 5.69 Å². The number of nitriles is 1. The third kappa shape index (κ3) is 5.00. The summed E-state index contributed by atoms with van der Waals surface area (Å²) in [6.45, 7) is 1.93. The molecule has 0 aromatic heterocycles. The van der Waals surface area contributed by atoms with Crippen LogP contribution in [0.15, 0.2) is 60.3 Å². The normalized spacial score (nSPS) is 12.0. The minimum absolute atomic E-state index is 0.0414. The van der Waals surface area contributed by atoms with Crippen LogP contribution in [0.2, 0.25) is 5.02 Å². The summed E-state index contributed by atoms with van der Waals surface area (Å²) >= 11 is 6.01. The first-order valence-corrected chi connectivity index (χ1v) is 7.99. The van der Waals surface area contributed by atoms with Crippen LogP contribution in [0.25, 0.3) is 0 Å². The zero-order chi connectivity index (χ0) is 18.2. The number of hydrogen-bond acceptors (Lipinski definition) is 4. The Balaban J connectivity index is 2.04. The number of benzene rings is 2. The number of para-hydroxylation sites is 1. The summed E-state index contributed by atoms with van der Waals surface area (Å²) in [5.41, 5.74) is 1.42. The number of rotatable bonds is 6. The Bertz CT molecular complexity index is 810. The van der Waals surface area contributed by atoms with Crippen LogP contribution in [0, 0.1) is 11.3 Å². The molecule has 0 radical (unpaired) electrons. The van der Waals surface area contributed by atoms with E-state index in [1.807, 2.05) is 37.3 Å². The fourth-order valence-corrected chi connectivity index (χ4v) is 2.28. The van der Waals surface area contributed by atoms with E-state index in [4.69, 9.17) is 16.3 Å². The minimum Gasteiger partial charge on any atom is -0.497 e. The van der Waals surface area contributed by atoms with Gasteiger partial charge in [-0.25, -0.2) is 0 Å². The molecule has 128 valence electrons. The van der Waals surface area contributed by atoms with E-state index in [-0.39, 0.29) is 11.6 Å². The van der Waals surface area contributed by atoms with Crippen LogP contribution in [0.5, 0.6) is 5.75 Å². The van der Waals surface area contributed by atoms with Crippen LogP contribution >= 0.6 is 11.6 Å². The predicted molar refractivity (Wildman–Crippen MR) is 98.3 cm³/mol. The molecule has 2 N–H and O–H groups in total. The minimum atomic E-state index is -0.523. The first kappa shape index (κ1) is 18.4. The Morgan fingerprint density at radius 3 is 2.52 bits per heavy atom. The number of halogens is 1. The first-order valence-electron chi connectivity index (χ1n) is 7.61. The Hall–Kier alpha value is -2.97. The number of nitrogens with one attached hydrogen (secondary N) is 2. The van der Waals surface area contributed by atoms with Gasteiger partial charge in [-0.2, -0.15) is 5.26 Å². The highest BCUT2D eigenvalue weighted by atomic mass is 35.5. The van der Waals surface area contributed by atoms with Crippen LogP contribution in [-0.2, 0) is 4.79 Å². The SMILES string of the molecule is COc1ccc(C(C)N/C=C(/C#N)C(=O)Nc2ccccc2Cl)cc1. The molecule has 2 aromatic carbocycles. The molecule has 0 aliphatic rings. The summed E-state index contributed by atoms with van der Waals surface area (Å²) in [6.07, 6.45) is 1.40. The van der Waals surface area contributed by atoms with Crippen LogP contribution in [-0.4, -0.2) is 13.0 Å². The zero-order valence-corrected chi connectivity index (χ0v) is 14.7. The number of carbonyl (C=O) groups excluding carboxylic acids is 1. The Kier molecular flexibility index (Phi) is 6.44.